The second-order valence-electron chi connectivity index (χ2n) is 4.50. The first-order valence-corrected chi connectivity index (χ1v) is 8.21. The maximum Gasteiger partial charge on any atom is 0.530 e. The molecule has 1 aromatic rings. The lowest BCUT2D eigenvalue weighted by Gasteiger charge is -2.21. The lowest BCUT2D eigenvalue weighted by molar-refractivity contribution is 0.167. The van der Waals surface area contributed by atoms with E-state index in [2.05, 4.69) is 5.16 Å². The van der Waals surface area contributed by atoms with E-state index in [0.29, 0.717) is 16.9 Å². The molecule has 21 heavy (non-hydrogen) atoms. The van der Waals surface area contributed by atoms with Crippen LogP contribution in [0.1, 0.15) is 36.1 Å². The molecule has 0 heterocycles. The molecule has 7 heteroatoms. The van der Waals surface area contributed by atoms with E-state index < -0.39 is 7.82 Å². The van der Waals surface area contributed by atoms with Crippen molar-refractivity contribution in [3.63, 3.8) is 0 Å². The van der Waals surface area contributed by atoms with Gasteiger partial charge in [-0.15, -0.1) is 0 Å². The molecule has 0 bridgehead atoms. The summed E-state index contributed by atoms with van der Waals surface area (Å²) in [5.41, 5.74) is 3.15. The Kier molecular flexibility index (Phi) is 6.40. The molecule has 0 saturated carbocycles. The molecule has 1 rings (SSSR count). The number of phosphoric ester groups is 1. The van der Waals surface area contributed by atoms with Gasteiger partial charge in [0.2, 0.25) is 0 Å². The fourth-order valence-electron chi connectivity index (χ4n) is 2.10. The number of aryl methyl sites for hydroxylation is 2. The van der Waals surface area contributed by atoms with Gasteiger partial charge in [0.1, 0.15) is 5.75 Å². The fourth-order valence-corrected chi connectivity index (χ4v) is 3.41. The minimum atomic E-state index is -3.66. The zero-order chi connectivity index (χ0) is 16.0. The highest BCUT2D eigenvalue weighted by Gasteiger charge is 2.29. The van der Waals surface area contributed by atoms with Crippen LogP contribution >= 0.6 is 7.82 Å². The Labute approximate surface area is 125 Å². The quantitative estimate of drug-likeness (QED) is 0.356. The maximum absolute atomic E-state index is 12.5. The van der Waals surface area contributed by atoms with Gasteiger partial charge < -0.3 is 9.73 Å². The number of benzene rings is 1. The minimum Gasteiger partial charge on any atom is -0.411 e. The largest absolute Gasteiger partial charge is 0.530 e. The van der Waals surface area contributed by atoms with Crippen molar-refractivity contribution < 1.29 is 23.3 Å². The Bertz CT molecular complexity index is 561. The second-order valence-corrected chi connectivity index (χ2v) is 6.09. The predicted octanol–water partition coefficient (Wildman–Crippen LogP) is 3.98. The Morgan fingerprint density at radius 2 is 1.76 bits per heavy atom. The average Bonchev–Trinajstić information content (AvgIpc) is 2.40. The van der Waals surface area contributed by atoms with Crippen molar-refractivity contribution in [1.29, 1.82) is 0 Å². The molecule has 1 aromatic carbocycles. The predicted molar refractivity (Wildman–Crippen MR) is 81.5 cm³/mol. The van der Waals surface area contributed by atoms with Crippen molar-refractivity contribution >= 4 is 14.0 Å². The molecule has 0 unspecified atom stereocenters. The fraction of sp³-hybridized carbons (Fsp3) is 0.500. The van der Waals surface area contributed by atoms with Crippen molar-refractivity contribution in [2.75, 3.05) is 13.2 Å². The summed E-state index contributed by atoms with van der Waals surface area (Å²) in [6, 6.07) is 1.86. The SMILES string of the molecule is CCOP(=O)(OCC)Oc1c(C)cc(C)c(C=NO)c1C. The molecular formula is C14H22NO5P. The van der Waals surface area contributed by atoms with E-state index in [0.717, 1.165) is 11.1 Å². The summed E-state index contributed by atoms with van der Waals surface area (Å²) in [6.07, 6.45) is 1.32. The van der Waals surface area contributed by atoms with Crippen molar-refractivity contribution in [3.05, 3.63) is 28.3 Å². The van der Waals surface area contributed by atoms with Crippen LogP contribution in [-0.2, 0) is 13.6 Å². The highest BCUT2D eigenvalue weighted by Crippen LogP contribution is 2.51. The number of phosphoric acid groups is 1. The molecular weight excluding hydrogens is 293 g/mol. The number of hydrogen-bond acceptors (Lipinski definition) is 6. The molecule has 0 aliphatic rings. The smallest absolute Gasteiger partial charge is 0.411 e. The van der Waals surface area contributed by atoms with E-state index >= 15 is 0 Å². The van der Waals surface area contributed by atoms with Crippen molar-refractivity contribution in [2.24, 2.45) is 5.16 Å². The second kappa shape index (κ2) is 7.59. The molecule has 6 nitrogen and oxygen atoms in total. The van der Waals surface area contributed by atoms with E-state index in [1.54, 1.807) is 20.8 Å². The summed E-state index contributed by atoms with van der Waals surface area (Å²) < 4.78 is 28.3. The van der Waals surface area contributed by atoms with Crippen LogP contribution in [0.4, 0.5) is 0 Å². The van der Waals surface area contributed by atoms with E-state index in [9.17, 15) is 4.57 Å². The van der Waals surface area contributed by atoms with Gasteiger partial charge >= 0.3 is 7.82 Å². The molecule has 0 amide bonds. The van der Waals surface area contributed by atoms with E-state index in [-0.39, 0.29) is 13.2 Å². The summed E-state index contributed by atoms with van der Waals surface area (Å²) in [7, 11) is -3.66. The molecule has 0 aromatic heterocycles. The molecule has 1 N–H and O–H groups in total. The Balaban J connectivity index is 3.29. The monoisotopic (exact) mass is 315 g/mol. The molecule has 0 spiro atoms. The Hall–Kier alpha value is -1.36. The molecule has 0 saturated heterocycles. The van der Waals surface area contributed by atoms with Crippen LogP contribution in [-0.4, -0.2) is 24.6 Å². The van der Waals surface area contributed by atoms with Crippen LogP contribution in [0, 0.1) is 20.8 Å². The highest BCUT2D eigenvalue weighted by molar-refractivity contribution is 7.48. The van der Waals surface area contributed by atoms with Crippen LogP contribution in [0.5, 0.6) is 5.75 Å². The van der Waals surface area contributed by atoms with E-state index in [4.69, 9.17) is 18.8 Å². The van der Waals surface area contributed by atoms with Gasteiger partial charge in [0.25, 0.3) is 0 Å². The minimum absolute atomic E-state index is 0.214. The standard InChI is InChI=1S/C14H22NO5P/c1-6-18-21(17,19-7-2)20-14-11(4)8-10(3)13(9-15-16)12(14)5/h8-9,16H,6-7H2,1-5H3. The first kappa shape index (κ1) is 17.7. The van der Waals surface area contributed by atoms with Gasteiger partial charge in [0.15, 0.2) is 0 Å². The van der Waals surface area contributed by atoms with Crippen LogP contribution < -0.4 is 4.52 Å². The van der Waals surface area contributed by atoms with Crippen molar-refractivity contribution in [2.45, 2.75) is 34.6 Å². The summed E-state index contributed by atoms with van der Waals surface area (Å²) in [5, 5.41) is 11.8. The number of hydrogen-bond donors (Lipinski definition) is 1. The van der Waals surface area contributed by atoms with E-state index in [1.807, 2.05) is 19.9 Å². The first-order valence-electron chi connectivity index (χ1n) is 6.75. The normalized spacial score (nSPS) is 12.0. The van der Waals surface area contributed by atoms with Crippen LogP contribution in [0.25, 0.3) is 0 Å². The Morgan fingerprint density at radius 1 is 1.19 bits per heavy atom. The lowest BCUT2D eigenvalue weighted by atomic mass is 9.99. The van der Waals surface area contributed by atoms with Gasteiger partial charge in [-0.05, 0) is 45.7 Å². The van der Waals surface area contributed by atoms with Crippen molar-refractivity contribution in [1.82, 2.24) is 0 Å². The maximum atomic E-state index is 12.5. The lowest BCUT2D eigenvalue weighted by Crippen LogP contribution is -2.06. The van der Waals surface area contributed by atoms with Gasteiger partial charge in [-0.25, -0.2) is 4.57 Å². The zero-order valence-corrected chi connectivity index (χ0v) is 13.9. The van der Waals surface area contributed by atoms with Crippen LogP contribution in [0.3, 0.4) is 0 Å². The number of nitrogens with zero attached hydrogens (tertiary/aromatic N) is 1. The molecule has 0 aliphatic heterocycles. The van der Waals surface area contributed by atoms with Crippen LogP contribution in [0.2, 0.25) is 0 Å². The topological polar surface area (TPSA) is 77.4 Å². The molecule has 0 radical (unpaired) electrons. The number of rotatable bonds is 7. The third-order valence-corrected chi connectivity index (χ3v) is 4.48. The third-order valence-electron chi connectivity index (χ3n) is 2.92. The average molecular weight is 315 g/mol. The van der Waals surface area contributed by atoms with Gasteiger partial charge in [-0.1, -0.05) is 11.2 Å². The molecule has 0 fully saturated rings. The zero-order valence-electron chi connectivity index (χ0n) is 13.0. The van der Waals surface area contributed by atoms with Crippen molar-refractivity contribution in [3.8, 4) is 5.75 Å². The van der Waals surface area contributed by atoms with Gasteiger partial charge in [-0.3, -0.25) is 9.05 Å². The summed E-state index contributed by atoms with van der Waals surface area (Å²) in [4.78, 5) is 0. The summed E-state index contributed by atoms with van der Waals surface area (Å²) in [5.74, 6) is 0.417. The molecule has 118 valence electrons. The van der Waals surface area contributed by atoms with Crippen LogP contribution in [0.15, 0.2) is 11.2 Å². The Morgan fingerprint density at radius 3 is 2.24 bits per heavy atom. The molecule has 0 atom stereocenters. The first-order chi connectivity index (χ1) is 9.88. The van der Waals surface area contributed by atoms with Gasteiger partial charge in [-0.2, -0.15) is 0 Å². The van der Waals surface area contributed by atoms with E-state index in [1.165, 1.54) is 6.21 Å². The number of oxime groups is 1. The molecule has 0 aliphatic carbocycles. The van der Waals surface area contributed by atoms with Gasteiger partial charge in [0.05, 0.1) is 19.4 Å². The third kappa shape index (κ3) is 4.30. The van der Waals surface area contributed by atoms with Gasteiger partial charge in [0, 0.05) is 11.1 Å². The summed E-state index contributed by atoms with van der Waals surface area (Å²) >= 11 is 0. The highest BCUT2D eigenvalue weighted by atomic mass is 31.2. The summed E-state index contributed by atoms with van der Waals surface area (Å²) in [6.45, 7) is 9.40.